The molecule has 8 heteroatoms. The van der Waals surface area contributed by atoms with Crippen molar-refractivity contribution >= 4 is 41.0 Å². The maximum Gasteiger partial charge on any atom is 0.190 e. The van der Waals surface area contributed by atoms with Crippen LogP contribution in [-0.2, 0) is 15.9 Å². The molecule has 1 aliphatic heterocycles. The molecule has 3 N–H and O–H groups in total. The van der Waals surface area contributed by atoms with E-state index in [0.717, 1.165) is 88.0 Å². The summed E-state index contributed by atoms with van der Waals surface area (Å²) < 4.78 is 11.1. The molecule has 1 fully saturated rings. The Labute approximate surface area is 184 Å². The van der Waals surface area contributed by atoms with Gasteiger partial charge in [-0.1, -0.05) is 12.1 Å². The molecule has 7 nitrogen and oxygen atoms in total. The smallest absolute Gasteiger partial charge is 0.190 e. The number of hydrogen-bond acceptors (Lipinski definition) is 4. The number of H-pyrrole nitrogens is 1. The van der Waals surface area contributed by atoms with Crippen LogP contribution >= 0.6 is 24.0 Å². The molecule has 3 rings (SSSR count). The number of aliphatic imine (C=N–C) groups is 1. The van der Waals surface area contributed by atoms with Gasteiger partial charge in [0.2, 0.25) is 0 Å². The van der Waals surface area contributed by atoms with Crippen molar-refractivity contribution in [2.75, 3.05) is 46.6 Å². The van der Waals surface area contributed by atoms with Gasteiger partial charge >= 0.3 is 0 Å². The first-order chi connectivity index (χ1) is 13.3. The molecule has 28 heavy (non-hydrogen) atoms. The monoisotopic (exact) mass is 501 g/mol. The second-order valence-electron chi connectivity index (χ2n) is 6.89. The highest BCUT2D eigenvalue weighted by Gasteiger charge is 2.15. The average molecular weight is 501 g/mol. The summed E-state index contributed by atoms with van der Waals surface area (Å²) in [7, 11) is 1.80. The van der Waals surface area contributed by atoms with E-state index in [-0.39, 0.29) is 24.0 Å². The van der Waals surface area contributed by atoms with Gasteiger partial charge in [-0.15, -0.1) is 24.0 Å². The van der Waals surface area contributed by atoms with Crippen molar-refractivity contribution in [3.8, 4) is 0 Å². The number of nitrogens with one attached hydrogen (secondary N) is 3. The molecular weight excluding hydrogens is 469 g/mol. The van der Waals surface area contributed by atoms with Crippen molar-refractivity contribution in [1.82, 2.24) is 20.6 Å². The highest BCUT2D eigenvalue weighted by atomic mass is 127. The summed E-state index contributed by atoms with van der Waals surface area (Å²) in [6.45, 7) is 5.03. The number of hydrogen-bond donors (Lipinski definition) is 3. The number of imidazole rings is 1. The molecule has 0 amide bonds. The Morgan fingerprint density at radius 3 is 2.86 bits per heavy atom. The van der Waals surface area contributed by atoms with Crippen LogP contribution in [0.1, 0.15) is 25.1 Å². The Morgan fingerprint density at radius 2 is 2.11 bits per heavy atom. The van der Waals surface area contributed by atoms with E-state index in [0.29, 0.717) is 5.92 Å². The Morgan fingerprint density at radius 1 is 1.29 bits per heavy atom. The lowest BCUT2D eigenvalue weighted by Gasteiger charge is -2.12. The first-order valence-corrected chi connectivity index (χ1v) is 9.89. The molecule has 1 aromatic carbocycles. The molecular formula is C20H32IN5O2. The van der Waals surface area contributed by atoms with Gasteiger partial charge in [-0.3, -0.25) is 4.99 Å². The minimum absolute atomic E-state index is 0. The minimum atomic E-state index is 0. The zero-order chi connectivity index (χ0) is 18.7. The summed E-state index contributed by atoms with van der Waals surface area (Å²) in [6, 6.07) is 8.12. The van der Waals surface area contributed by atoms with E-state index in [1.165, 1.54) is 0 Å². The van der Waals surface area contributed by atoms with Crippen LogP contribution < -0.4 is 10.6 Å². The van der Waals surface area contributed by atoms with Crippen LogP contribution in [0.3, 0.4) is 0 Å². The summed E-state index contributed by atoms with van der Waals surface area (Å²) >= 11 is 0. The highest BCUT2D eigenvalue weighted by Crippen LogP contribution is 2.12. The number of halogens is 1. The Bertz CT molecular complexity index is 682. The van der Waals surface area contributed by atoms with Crippen LogP contribution in [0, 0.1) is 5.92 Å². The standard InChI is InChI=1S/C20H31N5O2.HI/c1-21-20(23-11-5-12-26-14-16-9-13-27-15-16)22-10-4-8-19-24-17-6-2-3-7-18(17)25-19;/h2-3,6-7,16H,4-5,8-15H2,1H3,(H,24,25)(H2,21,22,23);1H. The van der Waals surface area contributed by atoms with Crippen molar-refractivity contribution in [2.45, 2.75) is 25.7 Å². The quantitative estimate of drug-likeness (QED) is 0.202. The number of para-hydroxylation sites is 2. The Balaban J connectivity index is 0.00000280. The van der Waals surface area contributed by atoms with Gasteiger partial charge in [0.25, 0.3) is 0 Å². The van der Waals surface area contributed by atoms with Gasteiger partial charge in [0.05, 0.1) is 24.2 Å². The Hall–Kier alpha value is -1.39. The molecule has 0 aliphatic carbocycles. The van der Waals surface area contributed by atoms with Crippen LogP contribution in [0.2, 0.25) is 0 Å². The fourth-order valence-corrected chi connectivity index (χ4v) is 3.15. The molecule has 156 valence electrons. The van der Waals surface area contributed by atoms with E-state index in [4.69, 9.17) is 9.47 Å². The van der Waals surface area contributed by atoms with Crippen molar-refractivity contribution in [3.05, 3.63) is 30.1 Å². The van der Waals surface area contributed by atoms with E-state index in [2.05, 4.69) is 31.7 Å². The number of aromatic amines is 1. The lowest BCUT2D eigenvalue weighted by Crippen LogP contribution is -2.38. The van der Waals surface area contributed by atoms with Crippen LogP contribution in [0.15, 0.2) is 29.3 Å². The van der Waals surface area contributed by atoms with Gasteiger partial charge in [0, 0.05) is 45.7 Å². The molecule has 0 radical (unpaired) electrons. The molecule has 1 unspecified atom stereocenters. The summed E-state index contributed by atoms with van der Waals surface area (Å²) in [6.07, 6.45) is 4.00. The fraction of sp³-hybridized carbons (Fsp3) is 0.600. The van der Waals surface area contributed by atoms with Crippen LogP contribution in [0.5, 0.6) is 0 Å². The van der Waals surface area contributed by atoms with E-state index in [1.54, 1.807) is 7.05 Å². The van der Waals surface area contributed by atoms with Crippen LogP contribution in [0.25, 0.3) is 11.0 Å². The topological polar surface area (TPSA) is 83.6 Å². The van der Waals surface area contributed by atoms with Crippen molar-refractivity contribution in [1.29, 1.82) is 0 Å². The molecule has 1 aliphatic rings. The van der Waals surface area contributed by atoms with Gasteiger partial charge in [-0.25, -0.2) is 4.98 Å². The van der Waals surface area contributed by atoms with Crippen molar-refractivity contribution in [3.63, 3.8) is 0 Å². The maximum absolute atomic E-state index is 5.71. The number of aryl methyl sites for hydroxylation is 1. The summed E-state index contributed by atoms with van der Waals surface area (Å²) in [5, 5.41) is 6.68. The first kappa shape index (κ1) is 22.9. The number of fused-ring (bicyclic) bond motifs is 1. The van der Waals surface area contributed by atoms with Crippen molar-refractivity contribution < 1.29 is 9.47 Å². The zero-order valence-electron chi connectivity index (χ0n) is 16.6. The van der Waals surface area contributed by atoms with Crippen molar-refractivity contribution in [2.24, 2.45) is 10.9 Å². The third kappa shape index (κ3) is 7.56. The number of rotatable bonds is 10. The third-order valence-electron chi connectivity index (χ3n) is 4.68. The lowest BCUT2D eigenvalue weighted by molar-refractivity contribution is 0.0888. The van der Waals surface area contributed by atoms with Gasteiger partial charge in [0.1, 0.15) is 5.82 Å². The Kier molecular flexibility index (Phi) is 10.6. The number of aromatic nitrogens is 2. The molecule has 0 spiro atoms. The molecule has 1 aromatic heterocycles. The number of ether oxygens (including phenoxy) is 2. The molecule has 2 heterocycles. The van der Waals surface area contributed by atoms with Gasteiger partial charge < -0.3 is 25.1 Å². The predicted molar refractivity (Wildman–Crippen MR) is 124 cm³/mol. The van der Waals surface area contributed by atoms with Crippen LogP contribution in [-0.4, -0.2) is 62.5 Å². The van der Waals surface area contributed by atoms with Crippen LogP contribution in [0.4, 0.5) is 0 Å². The van der Waals surface area contributed by atoms with E-state index >= 15 is 0 Å². The van der Waals surface area contributed by atoms with E-state index in [9.17, 15) is 0 Å². The second-order valence-corrected chi connectivity index (χ2v) is 6.89. The first-order valence-electron chi connectivity index (χ1n) is 9.89. The summed E-state index contributed by atoms with van der Waals surface area (Å²) in [5.41, 5.74) is 2.13. The minimum Gasteiger partial charge on any atom is -0.381 e. The van der Waals surface area contributed by atoms with Gasteiger partial charge in [0.15, 0.2) is 5.96 Å². The SMILES string of the molecule is CN=C(NCCCOCC1CCOC1)NCCCc1nc2ccccc2[nH]1.I. The van der Waals surface area contributed by atoms with Gasteiger partial charge in [-0.2, -0.15) is 0 Å². The number of nitrogens with zero attached hydrogens (tertiary/aromatic N) is 2. The average Bonchev–Trinajstić information content (AvgIpc) is 3.35. The number of benzene rings is 1. The molecule has 1 saturated heterocycles. The third-order valence-corrected chi connectivity index (χ3v) is 4.68. The van der Waals surface area contributed by atoms with Gasteiger partial charge in [-0.05, 0) is 31.4 Å². The molecule has 0 bridgehead atoms. The maximum atomic E-state index is 5.71. The summed E-state index contributed by atoms with van der Waals surface area (Å²) in [5.74, 6) is 2.45. The summed E-state index contributed by atoms with van der Waals surface area (Å²) in [4.78, 5) is 12.2. The van der Waals surface area contributed by atoms with E-state index in [1.807, 2.05) is 18.2 Å². The molecule has 2 aromatic rings. The molecule has 0 saturated carbocycles. The van der Waals surface area contributed by atoms with E-state index < -0.39 is 0 Å². The normalized spacial score (nSPS) is 16.9. The fourth-order valence-electron chi connectivity index (χ4n) is 3.15. The number of guanidine groups is 1. The molecule has 1 atom stereocenters. The highest BCUT2D eigenvalue weighted by molar-refractivity contribution is 14.0. The predicted octanol–water partition coefficient (Wildman–Crippen LogP) is 2.72. The lowest BCUT2D eigenvalue weighted by atomic mass is 10.1. The second kappa shape index (κ2) is 12.9. The largest absolute Gasteiger partial charge is 0.381 e. The zero-order valence-corrected chi connectivity index (χ0v) is 18.9.